The van der Waals surface area contributed by atoms with Crippen LogP contribution in [0.15, 0.2) is 0 Å². The van der Waals surface area contributed by atoms with E-state index in [0.717, 1.165) is 5.92 Å². The first-order chi connectivity index (χ1) is 21.3. The van der Waals surface area contributed by atoms with Gasteiger partial charge >= 0.3 is 0 Å². The molecule has 0 aromatic heterocycles. The van der Waals surface area contributed by atoms with Crippen LogP contribution >= 0.6 is 0 Å². The summed E-state index contributed by atoms with van der Waals surface area (Å²) in [7, 11) is 0. The number of rotatable bonds is 39. The molecule has 0 aromatic carbocycles. The van der Waals surface area contributed by atoms with Gasteiger partial charge in [0.15, 0.2) is 0 Å². The monoisotopic (exact) mass is 605 g/mol. The second-order valence-electron chi connectivity index (χ2n) is 14.9. The van der Waals surface area contributed by atoms with E-state index in [1.54, 1.807) is 0 Å². The SMILES string of the molecule is CCCCCCCCCCCCCCCCCCCCCCCCCC(CC)CCCCCCCCCCCCCCC. The van der Waals surface area contributed by atoms with Crippen LogP contribution in [0, 0.1) is 5.92 Å². The van der Waals surface area contributed by atoms with Crippen LogP contribution < -0.4 is 0 Å². The van der Waals surface area contributed by atoms with Gasteiger partial charge < -0.3 is 0 Å². The van der Waals surface area contributed by atoms with Crippen molar-refractivity contribution in [1.29, 1.82) is 0 Å². The van der Waals surface area contributed by atoms with Crippen molar-refractivity contribution < 1.29 is 0 Å². The highest BCUT2D eigenvalue weighted by atomic mass is 14.1. The minimum absolute atomic E-state index is 1.02. The van der Waals surface area contributed by atoms with Crippen LogP contribution in [0.2, 0.25) is 0 Å². The Kier molecular flexibility index (Phi) is 40.0. The lowest BCUT2D eigenvalue weighted by Crippen LogP contribution is -1.99. The fourth-order valence-corrected chi connectivity index (χ4v) is 7.22. The van der Waals surface area contributed by atoms with Gasteiger partial charge in [0.25, 0.3) is 0 Å². The Labute approximate surface area is 276 Å². The van der Waals surface area contributed by atoms with Crippen LogP contribution in [0.3, 0.4) is 0 Å². The minimum Gasteiger partial charge on any atom is -0.0654 e. The molecule has 0 nitrogen and oxygen atoms in total. The highest BCUT2D eigenvalue weighted by molar-refractivity contribution is 4.60. The van der Waals surface area contributed by atoms with E-state index < -0.39 is 0 Å². The third-order valence-electron chi connectivity index (χ3n) is 10.5. The molecule has 0 aliphatic carbocycles. The largest absolute Gasteiger partial charge is 0.0654 e. The second-order valence-corrected chi connectivity index (χ2v) is 14.9. The molecule has 0 heterocycles. The summed E-state index contributed by atoms with van der Waals surface area (Å²) in [6.45, 7) is 7.06. The third-order valence-corrected chi connectivity index (χ3v) is 10.5. The molecule has 1 atom stereocenters. The first kappa shape index (κ1) is 43.0. The summed E-state index contributed by atoms with van der Waals surface area (Å²) >= 11 is 0. The normalized spacial score (nSPS) is 12.3. The highest BCUT2D eigenvalue weighted by Crippen LogP contribution is 2.22. The van der Waals surface area contributed by atoms with Gasteiger partial charge in [-0.3, -0.25) is 0 Å². The predicted octanol–water partition coefficient (Wildman–Crippen LogP) is 16.9. The molecule has 0 N–H and O–H groups in total. The van der Waals surface area contributed by atoms with Crippen molar-refractivity contribution in [3.63, 3.8) is 0 Å². The van der Waals surface area contributed by atoms with Gasteiger partial charge in [-0.05, 0) is 5.92 Å². The standard InChI is InChI=1S/C43H88/c1-4-7-9-11-13-15-17-19-20-21-22-23-24-25-26-27-28-30-32-34-36-38-40-42-43(6-3)41-39-37-35-33-31-29-18-16-14-12-10-8-5-2/h43H,4-42H2,1-3H3. The zero-order valence-corrected chi connectivity index (χ0v) is 31.2. The lowest BCUT2D eigenvalue weighted by molar-refractivity contribution is 0.392. The highest BCUT2D eigenvalue weighted by Gasteiger charge is 2.06. The zero-order valence-electron chi connectivity index (χ0n) is 31.2. The molecule has 43 heavy (non-hydrogen) atoms. The number of hydrogen-bond donors (Lipinski definition) is 0. The quantitative estimate of drug-likeness (QED) is 0.0612. The smallest absolute Gasteiger partial charge is 0.0417 e. The van der Waals surface area contributed by atoms with Crippen LogP contribution in [0.1, 0.15) is 271 Å². The summed E-state index contributed by atoms with van der Waals surface area (Å²) in [5.41, 5.74) is 0. The molecule has 260 valence electrons. The van der Waals surface area contributed by atoms with Gasteiger partial charge in [0.2, 0.25) is 0 Å². The Morgan fingerprint density at radius 2 is 0.372 bits per heavy atom. The van der Waals surface area contributed by atoms with Crippen LogP contribution in [0.4, 0.5) is 0 Å². The minimum atomic E-state index is 1.02. The third kappa shape index (κ3) is 38.1. The lowest BCUT2D eigenvalue weighted by Gasteiger charge is -2.14. The maximum absolute atomic E-state index is 2.44. The molecular weight excluding hydrogens is 516 g/mol. The molecule has 0 saturated heterocycles. The van der Waals surface area contributed by atoms with E-state index >= 15 is 0 Å². The Bertz CT molecular complexity index is 453. The van der Waals surface area contributed by atoms with Crippen LogP contribution in [-0.2, 0) is 0 Å². The summed E-state index contributed by atoms with van der Waals surface area (Å²) in [4.78, 5) is 0. The van der Waals surface area contributed by atoms with Gasteiger partial charge in [0.1, 0.15) is 0 Å². The summed E-state index contributed by atoms with van der Waals surface area (Å²) in [5, 5.41) is 0. The molecule has 0 radical (unpaired) electrons. The Balaban J connectivity index is 3.22. The topological polar surface area (TPSA) is 0 Å². The van der Waals surface area contributed by atoms with Crippen molar-refractivity contribution in [1.82, 2.24) is 0 Å². The molecular formula is C43H88. The van der Waals surface area contributed by atoms with Gasteiger partial charge in [-0.25, -0.2) is 0 Å². The van der Waals surface area contributed by atoms with E-state index in [0.29, 0.717) is 0 Å². The van der Waals surface area contributed by atoms with Crippen molar-refractivity contribution in [3.8, 4) is 0 Å². The van der Waals surface area contributed by atoms with E-state index in [-0.39, 0.29) is 0 Å². The molecule has 0 rings (SSSR count). The van der Waals surface area contributed by atoms with Gasteiger partial charge in [-0.2, -0.15) is 0 Å². The number of unbranched alkanes of at least 4 members (excludes halogenated alkanes) is 34. The summed E-state index contributed by atoms with van der Waals surface area (Å²) in [5.74, 6) is 1.02. The average molecular weight is 605 g/mol. The first-order valence-electron chi connectivity index (χ1n) is 21.3. The Hall–Kier alpha value is 0. The Morgan fingerprint density at radius 3 is 0.535 bits per heavy atom. The average Bonchev–Trinajstić information content (AvgIpc) is 3.02. The van der Waals surface area contributed by atoms with E-state index in [1.807, 2.05) is 0 Å². The van der Waals surface area contributed by atoms with Crippen molar-refractivity contribution in [2.45, 2.75) is 271 Å². The fourth-order valence-electron chi connectivity index (χ4n) is 7.22. The van der Waals surface area contributed by atoms with Crippen LogP contribution in [0.5, 0.6) is 0 Å². The fraction of sp³-hybridized carbons (Fsp3) is 1.00. The maximum Gasteiger partial charge on any atom is -0.0417 e. The van der Waals surface area contributed by atoms with Gasteiger partial charge in [0.05, 0.1) is 0 Å². The van der Waals surface area contributed by atoms with E-state index in [9.17, 15) is 0 Å². The Morgan fingerprint density at radius 1 is 0.209 bits per heavy atom. The summed E-state index contributed by atoms with van der Waals surface area (Å²) < 4.78 is 0. The lowest BCUT2D eigenvalue weighted by atomic mass is 9.92. The first-order valence-corrected chi connectivity index (χ1v) is 21.3. The van der Waals surface area contributed by atoms with E-state index in [2.05, 4.69) is 20.8 Å². The van der Waals surface area contributed by atoms with E-state index in [4.69, 9.17) is 0 Å². The zero-order chi connectivity index (χ0) is 31.2. The van der Waals surface area contributed by atoms with Crippen molar-refractivity contribution in [2.75, 3.05) is 0 Å². The summed E-state index contributed by atoms with van der Waals surface area (Å²) in [6.07, 6.45) is 57.8. The van der Waals surface area contributed by atoms with Gasteiger partial charge in [-0.1, -0.05) is 271 Å². The number of hydrogen-bond acceptors (Lipinski definition) is 0. The molecule has 0 spiro atoms. The van der Waals surface area contributed by atoms with Crippen molar-refractivity contribution in [3.05, 3.63) is 0 Å². The molecule has 0 aliphatic heterocycles. The molecule has 0 heteroatoms. The van der Waals surface area contributed by atoms with Crippen molar-refractivity contribution in [2.24, 2.45) is 5.92 Å². The van der Waals surface area contributed by atoms with Crippen LogP contribution in [0.25, 0.3) is 0 Å². The molecule has 0 saturated carbocycles. The van der Waals surface area contributed by atoms with Crippen molar-refractivity contribution >= 4 is 0 Å². The van der Waals surface area contributed by atoms with Crippen LogP contribution in [-0.4, -0.2) is 0 Å². The molecule has 0 aromatic rings. The summed E-state index contributed by atoms with van der Waals surface area (Å²) in [6, 6.07) is 0. The molecule has 0 aliphatic rings. The molecule has 0 bridgehead atoms. The second kappa shape index (κ2) is 40.0. The van der Waals surface area contributed by atoms with E-state index in [1.165, 1.54) is 250 Å². The molecule has 0 fully saturated rings. The van der Waals surface area contributed by atoms with Gasteiger partial charge in [-0.15, -0.1) is 0 Å². The molecule has 1 unspecified atom stereocenters. The predicted molar refractivity (Wildman–Crippen MR) is 201 cm³/mol. The van der Waals surface area contributed by atoms with Gasteiger partial charge in [0, 0.05) is 0 Å². The molecule has 0 amide bonds. The maximum atomic E-state index is 2.44.